The SMILES string of the molecule is CC(N)C(C)(F)c1ccc(F)cc1. The fourth-order valence-corrected chi connectivity index (χ4v) is 1.04. The standard InChI is InChI=1S/C10H13F2N/c1-7(13)10(2,12)8-3-5-9(11)6-4-8/h3-7H,13H2,1-2H3. The van der Waals surface area contributed by atoms with Gasteiger partial charge >= 0.3 is 0 Å². The molecule has 0 aliphatic carbocycles. The zero-order chi connectivity index (χ0) is 10.1. The molecule has 2 N–H and O–H groups in total. The summed E-state index contributed by atoms with van der Waals surface area (Å²) in [5.41, 5.74) is 4.27. The van der Waals surface area contributed by atoms with Crippen LogP contribution in [0.25, 0.3) is 0 Å². The van der Waals surface area contributed by atoms with Crippen molar-refractivity contribution in [3.05, 3.63) is 35.6 Å². The number of rotatable bonds is 2. The molecule has 1 aromatic carbocycles. The van der Waals surface area contributed by atoms with Gasteiger partial charge in [-0.3, -0.25) is 0 Å². The maximum Gasteiger partial charge on any atom is 0.147 e. The summed E-state index contributed by atoms with van der Waals surface area (Å²) >= 11 is 0. The Kier molecular flexibility index (Phi) is 2.66. The summed E-state index contributed by atoms with van der Waals surface area (Å²) in [7, 11) is 0. The minimum Gasteiger partial charge on any atom is -0.325 e. The summed E-state index contributed by atoms with van der Waals surface area (Å²) in [6.45, 7) is 2.98. The molecule has 0 aliphatic rings. The number of halogens is 2. The molecule has 0 heterocycles. The van der Waals surface area contributed by atoms with E-state index in [4.69, 9.17) is 5.73 Å². The Morgan fingerprint density at radius 3 is 2.15 bits per heavy atom. The first-order valence-corrected chi connectivity index (χ1v) is 4.15. The highest BCUT2D eigenvalue weighted by Gasteiger charge is 2.30. The van der Waals surface area contributed by atoms with Crippen molar-refractivity contribution in [2.24, 2.45) is 5.73 Å². The highest BCUT2D eigenvalue weighted by Crippen LogP contribution is 2.28. The van der Waals surface area contributed by atoms with Gasteiger partial charge in [0.15, 0.2) is 0 Å². The molecule has 0 aromatic heterocycles. The van der Waals surface area contributed by atoms with Gasteiger partial charge in [0.05, 0.1) is 0 Å². The third-order valence-corrected chi connectivity index (χ3v) is 2.26. The van der Waals surface area contributed by atoms with E-state index in [0.717, 1.165) is 0 Å². The Morgan fingerprint density at radius 1 is 1.31 bits per heavy atom. The number of benzene rings is 1. The van der Waals surface area contributed by atoms with Crippen LogP contribution in [0.4, 0.5) is 8.78 Å². The van der Waals surface area contributed by atoms with Gasteiger partial charge in [-0.1, -0.05) is 12.1 Å². The van der Waals surface area contributed by atoms with E-state index in [-0.39, 0.29) is 5.82 Å². The molecule has 0 saturated carbocycles. The number of hydrogen-bond acceptors (Lipinski definition) is 1. The maximum atomic E-state index is 13.8. The van der Waals surface area contributed by atoms with Crippen LogP contribution in [0, 0.1) is 5.82 Å². The molecule has 0 bridgehead atoms. The summed E-state index contributed by atoms with van der Waals surface area (Å²) < 4.78 is 26.4. The Bertz CT molecular complexity index is 277. The van der Waals surface area contributed by atoms with Gasteiger partial charge in [-0.25, -0.2) is 8.78 Å². The predicted molar refractivity (Wildman–Crippen MR) is 48.5 cm³/mol. The minimum atomic E-state index is -1.60. The van der Waals surface area contributed by atoms with Gasteiger partial charge in [0.1, 0.15) is 11.5 Å². The second-order valence-corrected chi connectivity index (χ2v) is 3.37. The molecule has 0 saturated heterocycles. The largest absolute Gasteiger partial charge is 0.325 e. The van der Waals surface area contributed by atoms with Crippen molar-refractivity contribution in [3.63, 3.8) is 0 Å². The van der Waals surface area contributed by atoms with E-state index in [1.165, 1.54) is 31.2 Å². The first kappa shape index (κ1) is 10.1. The van der Waals surface area contributed by atoms with Crippen LogP contribution < -0.4 is 5.73 Å². The predicted octanol–water partition coefficient (Wildman–Crippen LogP) is 2.36. The van der Waals surface area contributed by atoms with Gasteiger partial charge in [0.25, 0.3) is 0 Å². The number of alkyl halides is 1. The van der Waals surface area contributed by atoms with Crippen molar-refractivity contribution in [1.29, 1.82) is 0 Å². The monoisotopic (exact) mass is 185 g/mol. The fraction of sp³-hybridized carbons (Fsp3) is 0.400. The average molecular weight is 185 g/mol. The summed E-state index contributed by atoms with van der Waals surface area (Å²) in [5, 5.41) is 0. The van der Waals surface area contributed by atoms with Gasteiger partial charge in [-0.2, -0.15) is 0 Å². The minimum absolute atomic E-state index is 0.371. The summed E-state index contributed by atoms with van der Waals surface area (Å²) in [6, 6.07) is 4.68. The van der Waals surface area contributed by atoms with Crippen LogP contribution >= 0.6 is 0 Å². The summed E-state index contributed by atoms with van der Waals surface area (Å²) in [5.74, 6) is -0.371. The molecule has 0 radical (unpaired) electrons. The van der Waals surface area contributed by atoms with Gasteiger partial charge < -0.3 is 5.73 Å². The van der Waals surface area contributed by atoms with E-state index in [1.54, 1.807) is 6.92 Å². The highest BCUT2D eigenvalue weighted by molar-refractivity contribution is 5.23. The van der Waals surface area contributed by atoms with Crippen LogP contribution in [0.15, 0.2) is 24.3 Å². The third-order valence-electron chi connectivity index (χ3n) is 2.26. The lowest BCUT2D eigenvalue weighted by molar-refractivity contribution is 0.157. The Balaban J connectivity index is 3.01. The zero-order valence-corrected chi connectivity index (χ0v) is 7.72. The molecule has 2 atom stereocenters. The molecule has 13 heavy (non-hydrogen) atoms. The molecule has 1 rings (SSSR count). The average Bonchev–Trinajstić information content (AvgIpc) is 2.04. The summed E-state index contributed by atoms with van der Waals surface area (Å²) in [6.07, 6.45) is 0. The van der Waals surface area contributed by atoms with Crippen molar-refractivity contribution >= 4 is 0 Å². The quantitative estimate of drug-likeness (QED) is 0.752. The number of hydrogen-bond donors (Lipinski definition) is 1. The van der Waals surface area contributed by atoms with E-state index < -0.39 is 11.7 Å². The molecule has 0 fully saturated rings. The maximum absolute atomic E-state index is 13.8. The van der Waals surface area contributed by atoms with E-state index in [2.05, 4.69) is 0 Å². The Hall–Kier alpha value is -0.960. The topological polar surface area (TPSA) is 26.0 Å². The Labute approximate surface area is 76.6 Å². The van der Waals surface area contributed by atoms with Crippen molar-refractivity contribution in [3.8, 4) is 0 Å². The van der Waals surface area contributed by atoms with Gasteiger partial charge in [0, 0.05) is 6.04 Å². The Morgan fingerprint density at radius 2 is 1.77 bits per heavy atom. The van der Waals surface area contributed by atoms with Crippen molar-refractivity contribution < 1.29 is 8.78 Å². The van der Waals surface area contributed by atoms with Crippen LogP contribution in [0.5, 0.6) is 0 Å². The van der Waals surface area contributed by atoms with Crippen molar-refractivity contribution in [2.45, 2.75) is 25.6 Å². The lowest BCUT2D eigenvalue weighted by Crippen LogP contribution is -2.36. The molecule has 0 aliphatic heterocycles. The fourth-order valence-electron chi connectivity index (χ4n) is 1.04. The van der Waals surface area contributed by atoms with Crippen LogP contribution in [-0.2, 0) is 5.67 Å². The molecule has 72 valence electrons. The van der Waals surface area contributed by atoms with E-state index in [1.807, 2.05) is 0 Å². The second kappa shape index (κ2) is 3.42. The van der Waals surface area contributed by atoms with Crippen LogP contribution in [-0.4, -0.2) is 6.04 Å². The van der Waals surface area contributed by atoms with Crippen molar-refractivity contribution in [2.75, 3.05) is 0 Å². The number of nitrogens with two attached hydrogens (primary N) is 1. The zero-order valence-electron chi connectivity index (χ0n) is 7.72. The van der Waals surface area contributed by atoms with E-state index in [0.29, 0.717) is 5.56 Å². The van der Waals surface area contributed by atoms with Crippen LogP contribution in [0.1, 0.15) is 19.4 Å². The van der Waals surface area contributed by atoms with Crippen LogP contribution in [0.2, 0.25) is 0 Å². The first-order chi connectivity index (χ1) is 5.94. The second-order valence-electron chi connectivity index (χ2n) is 3.37. The molecule has 0 spiro atoms. The summed E-state index contributed by atoms with van der Waals surface area (Å²) in [4.78, 5) is 0. The van der Waals surface area contributed by atoms with Gasteiger partial charge in [-0.05, 0) is 31.5 Å². The van der Waals surface area contributed by atoms with E-state index in [9.17, 15) is 8.78 Å². The molecule has 1 aromatic rings. The molecular weight excluding hydrogens is 172 g/mol. The van der Waals surface area contributed by atoms with Gasteiger partial charge in [-0.15, -0.1) is 0 Å². The molecule has 0 amide bonds. The van der Waals surface area contributed by atoms with Gasteiger partial charge in [0.2, 0.25) is 0 Å². The first-order valence-electron chi connectivity index (χ1n) is 4.15. The lowest BCUT2D eigenvalue weighted by Gasteiger charge is -2.24. The smallest absolute Gasteiger partial charge is 0.147 e. The molecular formula is C10H13F2N. The van der Waals surface area contributed by atoms with Crippen LogP contribution in [0.3, 0.4) is 0 Å². The normalized spacial score (nSPS) is 17.9. The lowest BCUT2D eigenvalue weighted by atomic mass is 9.92. The third kappa shape index (κ3) is 2.04. The van der Waals surface area contributed by atoms with Crippen molar-refractivity contribution in [1.82, 2.24) is 0 Å². The molecule has 2 unspecified atom stereocenters. The highest BCUT2D eigenvalue weighted by atomic mass is 19.1. The van der Waals surface area contributed by atoms with E-state index >= 15 is 0 Å². The molecule has 3 heteroatoms. The molecule has 1 nitrogen and oxygen atoms in total.